The predicted octanol–water partition coefficient (Wildman–Crippen LogP) is 6.39. The quantitative estimate of drug-likeness (QED) is 0.308. The van der Waals surface area contributed by atoms with E-state index in [0.29, 0.717) is 5.56 Å². The summed E-state index contributed by atoms with van der Waals surface area (Å²) in [5, 5.41) is 16.4. The first-order valence-corrected chi connectivity index (χ1v) is 10.8. The number of hydrogen-bond acceptors (Lipinski definition) is 4. The van der Waals surface area contributed by atoms with Crippen molar-refractivity contribution in [2.24, 2.45) is 0 Å². The Bertz CT molecular complexity index is 1490. The second kappa shape index (κ2) is 7.60. The number of halogens is 1. The van der Waals surface area contributed by atoms with Crippen LogP contribution in [0.1, 0.15) is 31.0 Å². The van der Waals surface area contributed by atoms with Gasteiger partial charge in [-0.1, -0.05) is 32.0 Å². The van der Waals surface area contributed by atoms with Gasteiger partial charge in [-0.3, -0.25) is 9.97 Å². The van der Waals surface area contributed by atoms with Crippen LogP contribution in [0.4, 0.5) is 0 Å². The number of pyridine rings is 2. The van der Waals surface area contributed by atoms with E-state index in [4.69, 9.17) is 5.10 Å². The van der Waals surface area contributed by atoms with E-state index in [9.17, 15) is 5.26 Å². The monoisotopic (exact) mass is 467 g/mol. The van der Waals surface area contributed by atoms with Gasteiger partial charge in [0.1, 0.15) is 6.07 Å². The number of fused-ring (bicyclic) bond motifs is 2. The maximum Gasteiger partial charge on any atom is 0.100 e. The van der Waals surface area contributed by atoms with Crippen LogP contribution in [0.3, 0.4) is 0 Å². The molecule has 6 heteroatoms. The average Bonchev–Trinajstić information content (AvgIpc) is 3.19. The molecular weight excluding hydrogens is 450 g/mol. The molecule has 31 heavy (non-hydrogen) atoms. The Kier molecular flexibility index (Phi) is 4.76. The molecule has 5 aromatic rings. The van der Waals surface area contributed by atoms with Crippen molar-refractivity contribution in [3.05, 3.63) is 82.9 Å². The SMILES string of the molecule is CC(C)c1nn(-c2ccc(C#N)c(Br)c2)c2cncc(-c3cnc4ccccc4c3)c12. The number of hydrogen-bond donors (Lipinski definition) is 0. The normalized spacial score (nSPS) is 11.3. The van der Waals surface area contributed by atoms with E-state index >= 15 is 0 Å². The summed E-state index contributed by atoms with van der Waals surface area (Å²) in [5.41, 5.74) is 6.38. The molecule has 0 amide bonds. The van der Waals surface area contributed by atoms with Crippen molar-refractivity contribution in [2.75, 3.05) is 0 Å². The molecule has 5 rings (SSSR count). The van der Waals surface area contributed by atoms with E-state index in [0.717, 1.165) is 48.8 Å². The Balaban J connectivity index is 1.78. The van der Waals surface area contributed by atoms with E-state index in [2.05, 4.69) is 57.9 Å². The molecule has 150 valence electrons. The van der Waals surface area contributed by atoms with Crippen molar-refractivity contribution >= 4 is 37.7 Å². The molecule has 0 aliphatic rings. The number of rotatable bonds is 3. The van der Waals surface area contributed by atoms with Crippen molar-refractivity contribution in [1.82, 2.24) is 19.7 Å². The molecule has 0 aliphatic heterocycles. The molecule has 0 radical (unpaired) electrons. The van der Waals surface area contributed by atoms with E-state index in [-0.39, 0.29) is 5.92 Å². The number of nitrogens with zero attached hydrogens (tertiary/aromatic N) is 5. The number of aromatic nitrogens is 4. The van der Waals surface area contributed by atoms with Crippen molar-refractivity contribution in [3.63, 3.8) is 0 Å². The van der Waals surface area contributed by atoms with Crippen LogP contribution in [0, 0.1) is 11.3 Å². The first-order valence-electron chi connectivity index (χ1n) is 9.98. The molecule has 0 unspecified atom stereocenters. The highest BCUT2D eigenvalue weighted by molar-refractivity contribution is 9.10. The lowest BCUT2D eigenvalue weighted by Gasteiger charge is -2.08. The number of nitriles is 1. The van der Waals surface area contributed by atoms with Crippen LogP contribution in [0.15, 0.2) is 71.6 Å². The fraction of sp³-hybridized carbons (Fsp3) is 0.120. The Morgan fingerprint density at radius 2 is 1.87 bits per heavy atom. The third kappa shape index (κ3) is 3.28. The zero-order valence-electron chi connectivity index (χ0n) is 17.0. The van der Waals surface area contributed by atoms with Gasteiger partial charge in [-0.2, -0.15) is 10.4 Å². The molecular formula is C25H18BrN5. The fourth-order valence-electron chi connectivity index (χ4n) is 3.86. The van der Waals surface area contributed by atoms with Crippen LogP contribution in [0.25, 0.3) is 38.6 Å². The minimum atomic E-state index is 0.222. The summed E-state index contributed by atoms with van der Waals surface area (Å²) in [5.74, 6) is 0.222. The van der Waals surface area contributed by atoms with Crippen LogP contribution >= 0.6 is 15.9 Å². The Morgan fingerprint density at radius 1 is 1.03 bits per heavy atom. The van der Waals surface area contributed by atoms with Crippen molar-refractivity contribution in [1.29, 1.82) is 5.26 Å². The summed E-state index contributed by atoms with van der Waals surface area (Å²) in [7, 11) is 0. The zero-order chi connectivity index (χ0) is 21.5. The lowest BCUT2D eigenvalue weighted by atomic mass is 9.98. The van der Waals surface area contributed by atoms with Crippen molar-refractivity contribution in [2.45, 2.75) is 19.8 Å². The molecule has 0 fully saturated rings. The molecule has 3 aromatic heterocycles. The van der Waals surface area contributed by atoms with Gasteiger partial charge in [-0.05, 0) is 52.2 Å². The highest BCUT2D eigenvalue weighted by Gasteiger charge is 2.20. The maximum absolute atomic E-state index is 9.25. The van der Waals surface area contributed by atoms with Gasteiger partial charge in [-0.15, -0.1) is 0 Å². The van der Waals surface area contributed by atoms with Crippen LogP contribution < -0.4 is 0 Å². The number of benzene rings is 2. The molecule has 0 saturated heterocycles. The van der Waals surface area contributed by atoms with Crippen LogP contribution in [-0.2, 0) is 0 Å². The van der Waals surface area contributed by atoms with Gasteiger partial charge in [0, 0.05) is 38.8 Å². The average molecular weight is 468 g/mol. The van der Waals surface area contributed by atoms with Gasteiger partial charge in [0.15, 0.2) is 0 Å². The molecule has 0 spiro atoms. The highest BCUT2D eigenvalue weighted by Crippen LogP contribution is 2.35. The van der Waals surface area contributed by atoms with Crippen LogP contribution in [0.5, 0.6) is 0 Å². The van der Waals surface area contributed by atoms with E-state index in [1.54, 1.807) is 6.07 Å². The third-order valence-electron chi connectivity index (χ3n) is 5.38. The maximum atomic E-state index is 9.25. The standard InChI is InChI=1S/C25H18BrN5/c1-15(2)25-24-20(18-9-16-5-3-4-6-22(16)29-12-18)13-28-14-23(24)31(30-25)19-8-7-17(11-27)21(26)10-19/h3-10,12-15H,1-2H3. The minimum Gasteiger partial charge on any atom is -0.262 e. The smallest absolute Gasteiger partial charge is 0.100 e. The minimum absolute atomic E-state index is 0.222. The van der Waals surface area contributed by atoms with E-state index in [1.807, 2.05) is 53.6 Å². The zero-order valence-corrected chi connectivity index (χ0v) is 18.6. The summed E-state index contributed by atoms with van der Waals surface area (Å²) in [4.78, 5) is 9.17. The Labute approximate surface area is 188 Å². The summed E-state index contributed by atoms with van der Waals surface area (Å²) in [6.45, 7) is 4.29. The van der Waals surface area contributed by atoms with Crippen molar-refractivity contribution < 1.29 is 0 Å². The van der Waals surface area contributed by atoms with Crippen LogP contribution in [0.2, 0.25) is 0 Å². The molecule has 5 nitrogen and oxygen atoms in total. The summed E-state index contributed by atoms with van der Waals surface area (Å²) in [6, 6.07) is 18.1. The molecule has 0 aliphatic carbocycles. The predicted molar refractivity (Wildman–Crippen MR) is 126 cm³/mol. The summed E-state index contributed by atoms with van der Waals surface area (Å²) in [6.07, 6.45) is 5.64. The van der Waals surface area contributed by atoms with Gasteiger partial charge in [0.2, 0.25) is 0 Å². The molecule has 0 N–H and O–H groups in total. The molecule has 0 atom stereocenters. The molecule has 0 bridgehead atoms. The Morgan fingerprint density at radius 3 is 2.65 bits per heavy atom. The summed E-state index contributed by atoms with van der Waals surface area (Å²) < 4.78 is 2.65. The Hall–Kier alpha value is -3.56. The highest BCUT2D eigenvalue weighted by atomic mass is 79.9. The van der Waals surface area contributed by atoms with E-state index in [1.165, 1.54) is 0 Å². The van der Waals surface area contributed by atoms with Gasteiger partial charge >= 0.3 is 0 Å². The van der Waals surface area contributed by atoms with Crippen molar-refractivity contribution in [3.8, 4) is 22.9 Å². The van der Waals surface area contributed by atoms with Gasteiger partial charge < -0.3 is 0 Å². The third-order valence-corrected chi connectivity index (χ3v) is 6.04. The molecule has 2 aromatic carbocycles. The summed E-state index contributed by atoms with van der Waals surface area (Å²) >= 11 is 3.49. The second-order valence-electron chi connectivity index (χ2n) is 7.73. The second-order valence-corrected chi connectivity index (χ2v) is 8.58. The van der Waals surface area contributed by atoms with Gasteiger partial charge in [-0.25, -0.2) is 4.68 Å². The number of para-hydroxylation sites is 1. The first-order chi connectivity index (χ1) is 15.1. The fourth-order valence-corrected chi connectivity index (χ4v) is 4.31. The molecule has 3 heterocycles. The lowest BCUT2D eigenvalue weighted by Crippen LogP contribution is -1.98. The van der Waals surface area contributed by atoms with E-state index < -0.39 is 0 Å². The van der Waals surface area contributed by atoms with Gasteiger partial charge in [0.25, 0.3) is 0 Å². The van der Waals surface area contributed by atoms with Gasteiger partial charge in [0.05, 0.1) is 34.2 Å². The first kappa shape index (κ1) is 19.4. The molecule has 0 saturated carbocycles. The lowest BCUT2D eigenvalue weighted by molar-refractivity contribution is 0.778. The largest absolute Gasteiger partial charge is 0.262 e. The topological polar surface area (TPSA) is 67.4 Å². The van der Waals surface area contributed by atoms with Crippen LogP contribution in [-0.4, -0.2) is 19.7 Å².